The van der Waals surface area contributed by atoms with E-state index in [2.05, 4.69) is 0 Å². The first kappa shape index (κ1) is 10.4. The monoisotopic (exact) mass is 214 g/mol. The van der Waals surface area contributed by atoms with E-state index in [1.165, 1.54) is 0 Å². The van der Waals surface area contributed by atoms with Crippen LogP contribution in [-0.2, 0) is 14.3 Å². The zero-order valence-electron chi connectivity index (χ0n) is 8.36. The van der Waals surface area contributed by atoms with Crippen LogP contribution in [0.4, 0.5) is 0 Å². The third-order valence-corrected chi connectivity index (χ3v) is 3.42. The van der Waals surface area contributed by atoms with Crippen molar-refractivity contribution in [2.45, 2.75) is 49.7 Å². The van der Waals surface area contributed by atoms with Gasteiger partial charge in [-0.15, -0.1) is 0 Å². The highest BCUT2D eigenvalue weighted by Gasteiger charge is 2.65. The second-order valence-electron chi connectivity index (χ2n) is 4.46. The Balaban J connectivity index is 2.10. The van der Waals surface area contributed by atoms with Crippen LogP contribution >= 0.6 is 0 Å². The van der Waals surface area contributed by atoms with E-state index >= 15 is 0 Å². The van der Waals surface area contributed by atoms with E-state index in [1.54, 1.807) is 0 Å². The molecule has 1 saturated carbocycles. The van der Waals surface area contributed by atoms with Crippen LogP contribution in [0.3, 0.4) is 0 Å². The topological polar surface area (TPSA) is 83.8 Å². The van der Waals surface area contributed by atoms with Crippen LogP contribution in [0.5, 0.6) is 0 Å². The van der Waals surface area contributed by atoms with Crippen molar-refractivity contribution >= 4 is 11.9 Å². The number of carboxylic acids is 2. The van der Waals surface area contributed by atoms with Crippen LogP contribution in [0.1, 0.15) is 38.5 Å². The van der Waals surface area contributed by atoms with Crippen LogP contribution in [-0.4, -0.2) is 33.4 Å². The Bertz CT molecular complexity index is 279. The summed E-state index contributed by atoms with van der Waals surface area (Å²) in [4.78, 5) is 21.7. The quantitative estimate of drug-likeness (QED) is 0.670. The number of carboxylic acid groups (broad SMARTS) is 2. The van der Waals surface area contributed by atoms with Gasteiger partial charge in [-0.2, -0.15) is 0 Å². The molecule has 0 radical (unpaired) electrons. The van der Waals surface area contributed by atoms with Crippen molar-refractivity contribution in [1.82, 2.24) is 0 Å². The molecule has 1 saturated heterocycles. The van der Waals surface area contributed by atoms with E-state index < -0.39 is 23.1 Å². The molecule has 0 amide bonds. The van der Waals surface area contributed by atoms with Crippen molar-refractivity contribution in [2.75, 3.05) is 0 Å². The highest BCUT2D eigenvalue weighted by Crippen LogP contribution is 2.50. The molecule has 0 aromatic heterocycles. The molecule has 0 unspecified atom stereocenters. The second-order valence-corrected chi connectivity index (χ2v) is 4.46. The summed E-state index contributed by atoms with van der Waals surface area (Å²) in [7, 11) is 0. The lowest BCUT2D eigenvalue weighted by Gasteiger charge is -2.53. The van der Waals surface area contributed by atoms with Gasteiger partial charge < -0.3 is 14.9 Å². The van der Waals surface area contributed by atoms with Crippen molar-refractivity contribution in [2.24, 2.45) is 0 Å². The molecule has 0 bridgehead atoms. The van der Waals surface area contributed by atoms with Gasteiger partial charge in [0.25, 0.3) is 5.60 Å². The molecule has 0 aromatic carbocycles. The van der Waals surface area contributed by atoms with Crippen molar-refractivity contribution in [3.05, 3.63) is 0 Å². The van der Waals surface area contributed by atoms with Gasteiger partial charge in [0.05, 0.1) is 5.60 Å². The van der Waals surface area contributed by atoms with Crippen molar-refractivity contribution in [3.8, 4) is 0 Å². The van der Waals surface area contributed by atoms with Crippen LogP contribution < -0.4 is 0 Å². The SMILES string of the molecule is O=C(O)C1(C(=O)O)CC2(CCCCC2)O1. The molecule has 2 rings (SSSR count). The van der Waals surface area contributed by atoms with Crippen molar-refractivity contribution in [3.63, 3.8) is 0 Å². The Kier molecular flexibility index (Phi) is 2.22. The zero-order valence-corrected chi connectivity index (χ0v) is 8.36. The van der Waals surface area contributed by atoms with Crippen molar-refractivity contribution in [1.29, 1.82) is 0 Å². The predicted molar refractivity (Wildman–Crippen MR) is 49.5 cm³/mol. The maximum atomic E-state index is 10.9. The van der Waals surface area contributed by atoms with Gasteiger partial charge in [0, 0.05) is 6.42 Å². The molecule has 1 aliphatic carbocycles. The lowest BCUT2D eigenvalue weighted by molar-refractivity contribution is -0.277. The van der Waals surface area contributed by atoms with Gasteiger partial charge in [0.1, 0.15) is 0 Å². The van der Waals surface area contributed by atoms with E-state index in [9.17, 15) is 9.59 Å². The summed E-state index contributed by atoms with van der Waals surface area (Å²) in [6.45, 7) is 0. The fourth-order valence-electron chi connectivity index (χ4n) is 2.62. The van der Waals surface area contributed by atoms with Crippen LogP contribution in [0.2, 0.25) is 0 Å². The molecule has 5 nitrogen and oxygen atoms in total. The lowest BCUT2D eigenvalue weighted by atomic mass is 9.71. The molecular formula is C10H14O5. The Labute approximate surface area is 87.0 Å². The Morgan fingerprint density at radius 1 is 1.00 bits per heavy atom. The number of hydrogen-bond donors (Lipinski definition) is 2. The zero-order chi connectivity index (χ0) is 11.1. The first-order valence-corrected chi connectivity index (χ1v) is 5.18. The van der Waals surface area contributed by atoms with E-state index in [1.807, 2.05) is 0 Å². The third-order valence-electron chi connectivity index (χ3n) is 3.42. The molecule has 5 heteroatoms. The van der Waals surface area contributed by atoms with E-state index in [-0.39, 0.29) is 6.42 Å². The number of carbonyl (C=O) groups is 2. The predicted octanol–water partition coefficient (Wildman–Crippen LogP) is 1.02. The summed E-state index contributed by atoms with van der Waals surface area (Å²) in [6, 6.07) is 0. The Morgan fingerprint density at radius 2 is 1.47 bits per heavy atom. The van der Waals surface area contributed by atoms with E-state index in [0.717, 1.165) is 32.1 Å². The van der Waals surface area contributed by atoms with Gasteiger partial charge in [0.2, 0.25) is 0 Å². The van der Waals surface area contributed by atoms with Gasteiger partial charge in [-0.05, 0) is 12.8 Å². The summed E-state index contributed by atoms with van der Waals surface area (Å²) in [5.41, 5.74) is -2.44. The Morgan fingerprint density at radius 3 is 1.87 bits per heavy atom. The van der Waals surface area contributed by atoms with Gasteiger partial charge in [-0.25, -0.2) is 9.59 Å². The maximum Gasteiger partial charge on any atom is 0.348 e. The fraction of sp³-hybridized carbons (Fsp3) is 0.800. The molecular weight excluding hydrogens is 200 g/mol. The third kappa shape index (κ3) is 1.42. The molecule has 0 atom stereocenters. The van der Waals surface area contributed by atoms with Crippen LogP contribution in [0, 0.1) is 0 Å². The molecule has 0 aromatic rings. The number of aliphatic carboxylic acids is 2. The summed E-state index contributed by atoms with van der Waals surface area (Å²) < 4.78 is 5.28. The standard InChI is InChI=1S/C10H14O5/c11-7(12)10(8(13)14)6-9(15-10)4-2-1-3-5-9/h1-6H2,(H,11,12)(H,13,14). The smallest absolute Gasteiger partial charge is 0.348 e. The average Bonchev–Trinajstić information content (AvgIpc) is 2.14. The number of ether oxygens (including phenoxy) is 1. The molecule has 1 heterocycles. The summed E-state index contributed by atoms with van der Waals surface area (Å²) in [6.07, 6.45) is 4.80. The highest BCUT2D eigenvalue weighted by atomic mass is 16.6. The minimum absolute atomic E-state index is 0.116. The molecule has 2 aliphatic rings. The first-order valence-electron chi connectivity index (χ1n) is 5.18. The summed E-state index contributed by atoms with van der Waals surface area (Å²) in [5.74, 6) is -2.77. The van der Waals surface area contributed by atoms with Gasteiger partial charge in [-0.3, -0.25) is 0 Å². The number of rotatable bonds is 2. The lowest BCUT2D eigenvalue weighted by Crippen LogP contribution is -2.68. The molecule has 84 valence electrons. The minimum atomic E-state index is -1.97. The fourth-order valence-corrected chi connectivity index (χ4v) is 2.62. The van der Waals surface area contributed by atoms with E-state index in [0.29, 0.717) is 0 Å². The van der Waals surface area contributed by atoms with E-state index in [4.69, 9.17) is 14.9 Å². The summed E-state index contributed by atoms with van der Waals surface area (Å²) in [5, 5.41) is 17.7. The average molecular weight is 214 g/mol. The van der Waals surface area contributed by atoms with Crippen molar-refractivity contribution < 1.29 is 24.5 Å². The molecule has 2 fully saturated rings. The molecule has 1 aliphatic heterocycles. The van der Waals surface area contributed by atoms with Gasteiger partial charge in [0.15, 0.2) is 0 Å². The maximum absolute atomic E-state index is 10.9. The van der Waals surface area contributed by atoms with Crippen LogP contribution in [0.15, 0.2) is 0 Å². The minimum Gasteiger partial charge on any atom is -0.479 e. The molecule has 15 heavy (non-hydrogen) atoms. The highest BCUT2D eigenvalue weighted by molar-refractivity contribution is 6.03. The first-order chi connectivity index (χ1) is 7.01. The largest absolute Gasteiger partial charge is 0.479 e. The second kappa shape index (κ2) is 3.20. The normalized spacial score (nSPS) is 26.9. The molecule has 2 N–H and O–H groups in total. The van der Waals surface area contributed by atoms with Crippen LogP contribution in [0.25, 0.3) is 0 Å². The van der Waals surface area contributed by atoms with Gasteiger partial charge in [-0.1, -0.05) is 19.3 Å². The molecule has 1 spiro atoms. The Hall–Kier alpha value is -1.10. The number of hydrogen-bond acceptors (Lipinski definition) is 3. The summed E-state index contributed by atoms with van der Waals surface area (Å²) >= 11 is 0. The van der Waals surface area contributed by atoms with Gasteiger partial charge >= 0.3 is 11.9 Å².